The molecular formula is C12H22N2O4. The Balaban J connectivity index is 2.39. The summed E-state index contributed by atoms with van der Waals surface area (Å²) < 4.78 is 0. The van der Waals surface area contributed by atoms with Crippen molar-refractivity contribution in [3.05, 3.63) is 0 Å². The van der Waals surface area contributed by atoms with Crippen LogP contribution in [-0.2, 0) is 4.79 Å². The van der Waals surface area contributed by atoms with Crippen molar-refractivity contribution < 1.29 is 19.8 Å². The molecule has 0 heterocycles. The van der Waals surface area contributed by atoms with Gasteiger partial charge in [-0.3, -0.25) is 4.79 Å². The van der Waals surface area contributed by atoms with Gasteiger partial charge in [0.05, 0.1) is 18.1 Å². The number of aliphatic hydroxyl groups is 1. The largest absolute Gasteiger partial charge is 0.481 e. The molecule has 2 amide bonds. The zero-order valence-electron chi connectivity index (χ0n) is 11.1. The minimum atomic E-state index is -0.939. The Kier molecular flexibility index (Phi) is 4.56. The number of aliphatic carboxylic acids is 1. The highest BCUT2D eigenvalue weighted by Crippen LogP contribution is 2.25. The first-order valence-corrected chi connectivity index (χ1v) is 6.16. The lowest BCUT2D eigenvalue weighted by Crippen LogP contribution is -2.47. The summed E-state index contributed by atoms with van der Waals surface area (Å²) in [5, 5.41) is 21.3. The van der Waals surface area contributed by atoms with Gasteiger partial charge in [0.2, 0.25) is 0 Å². The monoisotopic (exact) mass is 258 g/mol. The lowest BCUT2D eigenvalue weighted by atomic mass is 10.1. The van der Waals surface area contributed by atoms with E-state index in [1.54, 1.807) is 20.9 Å². The highest BCUT2D eigenvalue weighted by atomic mass is 16.4. The van der Waals surface area contributed by atoms with Crippen LogP contribution in [0.1, 0.15) is 33.1 Å². The molecular weight excluding hydrogens is 236 g/mol. The molecule has 0 aromatic rings. The lowest BCUT2D eigenvalue weighted by Gasteiger charge is -2.27. The summed E-state index contributed by atoms with van der Waals surface area (Å²) in [6, 6.07) is -0.351. The minimum absolute atomic E-state index is 0.0807. The number of nitrogens with one attached hydrogen (secondary N) is 1. The van der Waals surface area contributed by atoms with Gasteiger partial charge in [-0.25, -0.2) is 4.79 Å². The number of nitrogens with zero attached hydrogens (tertiary/aromatic N) is 1. The predicted molar refractivity (Wildman–Crippen MR) is 66.2 cm³/mol. The van der Waals surface area contributed by atoms with Crippen molar-refractivity contribution in [3.63, 3.8) is 0 Å². The van der Waals surface area contributed by atoms with Crippen molar-refractivity contribution in [2.75, 3.05) is 13.6 Å². The molecule has 0 aromatic heterocycles. The van der Waals surface area contributed by atoms with Gasteiger partial charge in [0.15, 0.2) is 0 Å². The number of carboxylic acid groups (broad SMARTS) is 1. The first-order chi connectivity index (χ1) is 8.19. The average Bonchev–Trinajstić information content (AvgIpc) is 2.63. The van der Waals surface area contributed by atoms with Crippen LogP contribution < -0.4 is 5.32 Å². The number of likely N-dealkylation sites (N-methyl/N-ethyl adjacent to an activating group) is 1. The van der Waals surface area contributed by atoms with Gasteiger partial charge in [0, 0.05) is 13.1 Å². The number of carboxylic acids is 1. The standard InChI is InChI=1S/C12H22N2O4/c1-12(2,18)7-14(3)11(17)13-9-5-4-8(6-9)10(15)16/h8-9,18H,4-7H2,1-3H3,(H,13,17)(H,15,16)/t8-,9+/m1/s1. The Labute approximate surface area is 107 Å². The Morgan fingerprint density at radius 2 is 2.00 bits per heavy atom. The van der Waals surface area contributed by atoms with Gasteiger partial charge < -0.3 is 20.4 Å². The van der Waals surface area contributed by atoms with E-state index in [1.165, 1.54) is 4.90 Å². The van der Waals surface area contributed by atoms with Crippen molar-refractivity contribution in [2.24, 2.45) is 5.92 Å². The third kappa shape index (κ3) is 4.52. The maximum absolute atomic E-state index is 11.8. The number of amides is 2. The molecule has 6 heteroatoms. The molecule has 1 aliphatic carbocycles. The van der Waals surface area contributed by atoms with E-state index in [2.05, 4.69) is 5.32 Å². The molecule has 3 N–H and O–H groups in total. The summed E-state index contributed by atoms with van der Waals surface area (Å²) in [4.78, 5) is 24.0. The van der Waals surface area contributed by atoms with E-state index in [-0.39, 0.29) is 24.5 Å². The SMILES string of the molecule is CN(CC(C)(C)O)C(=O)N[C@H]1CC[C@@H](C(=O)O)C1. The van der Waals surface area contributed by atoms with Crippen LogP contribution in [0.2, 0.25) is 0 Å². The highest BCUT2D eigenvalue weighted by Gasteiger charge is 2.31. The van der Waals surface area contributed by atoms with Crippen molar-refractivity contribution >= 4 is 12.0 Å². The Bertz CT molecular complexity index is 325. The molecule has 0 saturated heterocycles. The summed E-state index contributed by atoms with van der Waals surface area (Å²) in [6.07, 6.45) is 1.78. The van der Waals surface area contributed by atoms with E-state index in [0.29, 0.717) is 19.3 Å². The Hall–Kier alpha value is -1.30. The molecule has 0 aromatic carbocycles. The van der Waals surface area contributed by atoms with Crippen molar-refractivity contribution in [1.82, 2.24) is 10.2 Å². The second-order valence-corrected chi connectivity index (χ2v) is 5.66. The molecule has 1 saturated carbocycles. The summed E-state index contributed by atoms with van der Waals surface area (Å²) in [6.45, 7) is 3.49. The maximum atomic E-state index is 11.8. The lowest BCUT2D eigenvalue weighted by molar-refractivity contribution is -0.141. The van der Waals surface area contributed by atoms with Gasteiger partial charge in [-0.2, -0.15) is 0 Å². The van der Waals surface area contributed by atoms with Gasteiger partial charge >= 0.3 is 12.0 Å². The zero-order chi connectivity index (χ0) is 13.9. The van der Waals surface area contributed by atoms with Crippen LogP contribution in [0.25, 0.3) is 0 Å². The van der Waals surface area contributed by atoms with Crippen LogP contribution in [0.4, 0.5) is 4.79 Å². The molecule has 0 radical (unpaired) electrons. The Morgan fingerprint density at radius 1 is 1.39 bits per heavy atom. The van der Waals surface area contributed by atoms with E-state index < -0.39 is 11.6 Å². The van der Waals surface area contributed by atoms with Gasteiger partial charge in [0.1, 0.15) is 0 Å². The smallest absolute Gasteiger partial charge is 0.317 e. The first-order valence-electron chi connectivity index (χ1n) is 6.16. The minimum Gasteiger partial charge on any atom is -0.481 e. The fraction of sp³-hybridized carbons (Fsp3) is 0.833. The van der Waals surface area contributed by atoms with Crippen LogP contribution in [0.15, 0.2) is 0 Å². The van der Waals surface area contributed by atoms with E-state index in [4.69, 9.17) is 5.11 Å². The molecule has 0 spiro atoms. The molecule has 104 valence electrons. The van der Waals surface area contributed by atoms with Gasteiger partial charge in [0.25, 0.3) is 0 Å². The van der Waals surface area contributed by atoms with Crippen LogP contribution >= 0.6 is 0 Å². The molecule has 2 atom stereocenters. The second kappa shape index (κ2) is 5.56. The van der Waals surface area contributed by atoms with E-state index in [0.717, 1.165) is 0 Å². The molecule has 1 aliphatic rings. The maximum Gasteiger partial charge on any atom is 0.317 e. The van der Waals surface area contributed by atoms with Gasteiger partial charge in [-0.15, -0.1) is 0 Å². The van der Waals surface area contributed by atoms with Crippen LogP contribution in [0.5, 0.6) is 0 Å². The number of hydrogen-bond donors (Lipinski definition) is 3. The summed E-state index contributed by atoms with van der Waals surface area (Å²) in [5.74, 6) is -1.15. The predicted octanol–water partition coefficient (Wildman–Crippen LogP) is 0.652. The summed E-state index contributed by atoms with van der Waals surface area (Å²) in [7, 11) is 1.61. The second-order valence-electron chi connectivity index (χ2n) is 5.66. The molecule has 1 fully saturated rings. The number of rotatable bonds is 4. The number of hydrogen-bond acceptors (Lipinski definition) is 3. The van der Waals surface area contributed by atoms with E-state index >= 15 is 0 Å². The first kappa shape index (κ1) is 14.8. The van der Waals surface area contributed by atoms with Crippen LogP contribution in [0.3, 0.4) is 0 Å². The Morgan fingerprint density at radius 3 is 2.44 bits per heavy atom. The van der Waals surface area contributed by atoms with Crippen molar-refractivity contribution in [1.29, 1.82) is 0 Å². The third-order valence-corrected chi connectivity index (χ3v) is 3.08. The molecule has 0 aliphatic heterocycles. The molecule has 1 rings (SSSR count). The van der Waals surface area contributed by atoms with Crippen LogP contribution in [0, 0.1) is 5.92 Å². The third-order valence-electron chi connectivity index (χ3n) is 3.08. The van der Waals surface area contributed by atoms with Crippen molar-refractivity contribution in [3.8, 4) is 0 Å². The number of carbonyl (C=O) groups excluding carboxylic acids is 1. The summed E-state index contributed by atoms with van der Waals surface area (Å²) in [5.41, 5.74) is -0.939. The van der Waals surface area contributed by atoms with Gasteiger partial charge in [-0.1, -0.05) is 0 Å². The van der Waals surface area contributed by atoms with E-state index in [9.17, 15) is 14.7 Å². The number of urea groups is 1. The molecule has 6 nitrogen and oxygen atoms in total. The summed E-state index contributed by atoms with van der Waals surface area (Å²) >= 11 is 0. The highest BCUT2D eigenvalue weighted by molar-refractivity contribution is 5.75. The van der Waals surface area contributed by atoms with Gasteiger partial charge in [-0.05, 0) is 33.1 Å². The fourth-order valence-electron chi connectivity index (χ4n) is 2.27. The molecule has 18 heavy (non-hydrogen) atoms. The normalized spacial score (nSPS) is 23.8. The average molecular weight is 258 g/mol. The molecule has 0 unspecified atom stereocenters. The topological polar surface area (TPSA) is 89.9 Å². The van der Waals surface area contributed by atoms with Crippen molar-refractivity contribution in [2.45, 2.75) is 44.8 Å². The van der Waals surface area contributed by atoms with E-state index in [1.807, 2.05) is 0 Å². The van der Waals surface area contributed by atoms with Crippen LogP contribution in [-0.4, -0.2) is 52.3 Å². The quantitative estimate of drug-likeness (QED) is 0.690. The zero-order valence-corrected chi connectivity index (χ0v) is 11.1. The molecule has 0 bridgehead atoms. The fourth-order valence-corrected chi connectivity index (χ4v) is 2.27. The number of carbonyl (C=O) groups is 2.